The third-order valence-corrected chi connectivity index (χ3v) is 4.17. The molecule has 0 spiro atoms. The lowest BCUT2D eigenvalue weighted by Gasteiger charge is -2.12. The largest absolute Gasteiger partial charge is 0.376 e. The van der Waals surface area contributed by atoms with E-state index in [-0.39, 0.29) is 0 Å². The number of aromatic nitrogens is 2. The number of pyridine rings is 2. The van der Waals surface area contributed by atoms with Crippen molar-refractivity contribution in [1.82, 2.24) is 9.97 Å². The van der Waals surface area contributed by atoms with Crippen molar-refractivity contribution >= 4 is 27.3 Å². The summed E-state index contributed by atoms with van der Waals surface area (Å²) in [7, 11) is 7.78. The van der Waals surface area contributed by atoms with Gasteiger partial charge in [-0.05, 0) is 52.3 Å². The van der Waals surface area contributed by atoms with Crippen LogP contribution >= 0.6 is 15.9 Å². The van der Waals surface area contributed by atoms with Crippen LogP contribution in [0.3, 0.4) is 0 Å². The second-order valence-corrected chi connectivity index (χ2v) is 6.97. The van der Waals surface area contributed by atoms with Gasteiger partial charge in [-0.25, -0.2) is 13.8 Å². The van der Waals surface area contributed by atoms with Gasteiger partial charge < -0.3 is 9.80 Å². The van der Waals surface area contributed by atoms with E-state index in [0.29, 0.717) is 11.3 Å². The average Bonchev–Trinajstić information content (AvgIpc) is 2.63. The van der Waals surface area contributed by atoms with Crippen molar-refractivity contribution in [1.29, 1.82) is 0 Å². The molecule has 0 unspecified atom stereocenters. The van der Waals surface area contributed by atoms with Gasteiger partial charge in [0.25, 0.3) is 0 Å². The van der Waals surface area contributed by atoms with Crippen LogP contribution in [0.1, 0.15) is 0 Å². The van der Waals surface area contributed by atoms with E-state index in [9.17, 15) is 8.78 Å². The Kier molecular flexibility index (Phi) is 7.24. The van der Waals surface area contributed by atoms with E-state index < -0.39 is 11.6 Å². The predicted octanol–water partition coefficient (Wildman–Crippen LogP) is 5.00. The molecule has 0 aliphatic rings. The fourth-order valence-electron chi connectivity index (χ4n) is 2.14. The molecule has 27 heavy (non-hydrogen) atoms. The van der Waals surface area contributed by atoms with E-state index in [2.05, 4.69) is 25.9 Å². The molecule has 0 radical (unpaired) electrons. The number of anilines is 2. The van der Waals surface area contributed by atoms with Crippen LogP contribution in [0.5, 0.6) is 0 Å². The molecular weight excluding hydrogens is 414 g/mol. The summed E-state index contributed by atoms with van der Waals surface area (Å²) < 4.78 is 27.1. The molecule has 0 fully saturated rings. The molecule has 142 valence electrons. The Morgan fingerprint density at radius 3 is 1.81 bits per heavy atom. The lowest BCUT2D eigenvalue weighted by atomic mass is 10.1. The van der Waals surface area contributed by atoms with Crippen molar-refractivity contribution in [3.8, 4) is 11.3 Å². The minimum atomic E-state index is -0.602. The van der Waals surface area contributed by atoms with Crippen LogP contribution in [-0.4, -0.2) is 38.2 Å². The van der Waals surface area contributed by atoms with Crippen LogP contribution in [-0.2, 0) is 0 Å². The van der Waals surface area contributed by atoms with Crippen molar-refractivity contribution in [2.24, 2.45) is 0 Å². The average molecular weight is 435 g/mol. The summed E-state index contributed by atoms with van der Waals surface area (Å²) in [6, 6.07) is 11.0. The maximum atomic E-state index is 13.5. The Labute approximate surface area is 166 Å². The summed E-state index contributed by atoms with van der Waals surface area (Å²) in [6.07, 6.45) is 3.47. The first kappa shape index (κ1) is 20.8. The molecule has 0 bridgehead atoms. The highest BCUT2D eigenvalue weighted by molar-refractivity contribution is 9.10. The Bertz CT molecular complexity index is 866. The normalized spacial score (nSPS) is 10.0. The Balaban J connectivity index is 0.000000223. The van der Waals surface area contributed by atoms with E-state index in [1.54, 1.807) is 12.3 Å². The Hall–Kier alpha value is -2.54. The lowest BCUT2D eigenvalue weighted by molar-refractivity contribution is 0.585. The number of halogens is 3. The van der Waals surface area contributed by atoms with Gasteiger partial charge in [0.15, 0.2) is 0 Å². The quantitative estimate of drug-likeness (QED) is 0.542. The highest BCUT2D eigenvalue weighted by atomic mass is 79.9. The zero-order chi connectivity index (χ0) is 20.0. The second-order valence-electron chi connectivity index (χ2n) is 6.15. The van der Waals surface area contributed by atoms with Crippen LogP contribution in [0.4, 0.5) is 20.2 Å². The van der Waals surface area contributed by atoms with Crippen LogP contribution in [0.2, 0.25) is 0 Å². The minimum Gasteiger partial charge on any atom is -0.376 e. The first-order chi connectivity index (χ1) is 12.8. The van der Waals surface area contributed by atoms with Crippen LogP contribution in [0.15, 0.2) is 59.5 Å². The number of nitrogens with zero attached hydrogens (tertiary/aromatic N) is 4. The molecule has 0 atom stereocenters. The molecular formula is C20H21BrF2N4. The molecule has 1 aromatic carbocycles. The first-order valence-corrected chi connectivity index (χ1v) is 8.95. The van der Waals surface area contributed by atoms with Gasteiger partial charge in [0.05, 0.1) is 29.5 Å². The Morgan fingerprint density at radius 1 is 0.778 bits per heavy atom. The summed E-state index contributed by atoms with van der Waals surface area (Å²) in [6.45, 7) is 0. The molecule has 3 aromatic rings. The maximum absolute atomic E-state index is 13.5. The van der Waals surface area contributed by atoms with E-state index in [4.69, 9.17) is 0 Å². The number of benzene rings is 1. The van der Waals surface area contributed by atoms with Crippen LogP contribution in [0, 0.1) is 11.6 Å². The van der Waals surface area contributed by atoms with E-state index >= 15 is 0 Å². The van der Waals surface area contributed by atoms with Gasteiger partial charge in [-0.3, -0.25) is 4.98 Å². The molecule has 7 heteroatoms. The van der Waals surface area contributed by atoms with Crippen molar-refractivity contribution in [3.63, 3.8) is 0 Å². The van der Waals surface area contributed by atoms with Crippen molar-refractivity contribution in [2.75, 3.05) is 38.0 Å². The molecule has 2 heterocycles. The zero-order valence-electron chi connectivity index (χ0n) is 15.6. The monoisotopic (exact) mass is 434 g/mol. The molecule has 3 rings (SSSR count). The Morgan fingerprint density at radius 2 is 1.37 bits per heavy atom. The van der Waals surface area contributed by atoms with E-state index in [0.717, 1.165) is 22.0 Å². The SMILES string of the molecule is CN(C)c1ccc(-c2ccc(F)cc2F)nc1.CN(C)c1ccc(Br)nc1. The lowest BCUT2D eigenvalue weighted by Crippen LogP contribution is -2.08. The summed E-state index contributed by atoms with van der Waals surface area (Å²) >= 11 is 3.26. The standard InChI is InChI=1S/C13H12F2N2.C7H9BrN2/c1-17(2)10-4-6-13(16-8-10)11-5-3-9(14)7-12(11)15;1-10(2)6-3-4-7(8)9-5-6/h3-8H,1-2H3;3-5H,1-2H3. The van der Waals surface area contributed by atoms with Crippen LogP contribution in [0.25, 0.3) is 11.3 Å². The fraction of sp³-hybridized carbons (Fsp3) is 0.200. The number of hydrogen-bond donors (Lipinski definition) is 0. The molecule has 2 aromatic heterocycles. The summed E-state index contributed by atoms with van der Waals surface area (Å²) in [5, 5.41) is 0. The van der Waals surface area contributed by atoms with Gasteiger partial charge in [0, 0.05) is 39.8 Å². The topological polar surface area (TPSA) is 32.3 Å². The molecule has 4 nitrogen and oxygen atoms in total. The minimum absolute atomic E-state index is 0.303. The second kappa shape index (κ2) is 9.41. The third-order valence-electron chi connectivity index (χ3n) is 3.70. The molecule has 0 saturated heterocycles. The number of hydrogen-bond acceptors (Lipinski definition) is 4. The van der Waals surface area contributed by atoms with Gasteiger partial charge in [-0.15, -0.1) is 0 Å². The van der Waals surface area contributed by atoms with Gasteiger partial charge >= 0.3 is 0 Å². The molecule has 0 amide bonds. The van der Waals surface area contributed by atoms with Gasteiger partial charge in [0.2, 0.25) is 0 Å². The van der Waals surface area contributed by atoms with E-state index in [1.165, 1.54) is 12.1 Å². The van der Waals surface area contributed by atoms with E-state index in [1.807, 2.05) is 62.4 Å². The zero-order valence-corrected chi connectivity index (χ0v) is 17.2. The highest BCUT2D eigenvalue weighted by Crippen LogP contribution is 2.23. The summed E-state index contributed by atoms with van der Waals surface area (Å²) in [4.78, 5) is 12.1. The van der Waals surface area contributed by atoms with Crippen LogP contribution < -0.4 is 9.80 Å². The predicted molar refractivity (Wildman–Crippen MR) is 110 cm³/mol. The molecule has 0 aliphatic carbocycles. The first-order valence-electron chi connectivity index (χ1n) is 8.15. The third kappa shape index (κ3) is 5.99. The fourth-order valence-corrected chi connectivity index (χ4v) is 2.37. The maximum Gasteiger partial charge on any atom is 0.135 e. The summed E-state index contributed by atoms with van der Waals surface area (Å²) in [5.74, 6) is -1.19. The summed E-state index contributed by atoms with van der Waals surface area (Å²) in [5.41, 5.74) is 2.84. The highest BCUT2D eigenvalue weighted by Gasteiger charge is 2.07. The number of rotatable bonds is 3. The molecule has 0 N–H and O–H groups in total. The van der Waals surface area contributed by atoms with Gasteiger partial charge in [-0.2, -0.15) is 0 Å². The molecule has 0 saturated carbocycles. The van der Waals surface area contributed by atoms with Crippen molar-refractivity contribution in [3.05, 3.63) is 71.1 Å². The van der Waals surface area contributed by atoms with Gasteiger partial charge in [0.1, 0.15) is 16.2 Å². The smallest absolute Gasteiger partial charge is 0.135 e. The molecule has 0 aliphatic heterocycles. The van der Waals surface area contributed by atoms with Gasteiger partial charge in [-0.1, -0.05) is 0 Å². The van der Waals surface area contributed by atoms with Crippen molar-refractivity contribution < 1.29 is 8.78 Å². The van der Waals surface area contributed by atoms with Crippen molar-refractivity contribution in [2.45, 2.75) is 0 Å².